The van der Waals surface area contributed by atoms with Gasteiger partial charge in [0.15, 0.2) is 0 Å². The molecule has 70 valence electrons. The Balaban J connectivity index is 2.89. The molecule has 0 fully saturated rings. The van der Waals surface area contributed by atoms with Crippen molar-refractivity contribution in [3.63, 3.8) is 0 Å². The maximum Gasteiger partial charge on any atom is 0.130 e. The first-order valence-corrected chi connectivity index (χ1v) is 4.29. The van der Waals surface area contributed by atoms with Crippen molar-refractivity contribution in [2.75, 3.05) is 6.61 Å². The van der Waals surface area contributed by atoms with Crippen LogP contribution in [0.4, 0.5) is 0 Å². The smallest absolute Gasteiger partial charge is 0.130 e. The normalized spacial score (nSPS) is 9.38. The second-order valence-electron chi connectivity index (χ2n) is 2.64. The van der Waals surface area contributed by atoms with Crippen LogP contribution in [-0.2, 0) is 0 Å². The molecule has 1 aromatic rings. The predicted molar refractivity (Wildman–Crippen MR) is 53.2 cm³/mol. The number of rotatable bonds is 4. The largest absolute Gasteiger partial charge is 0.493 e. The van der Waals surface area contributed by atoms with Crippen molar-refractivity contribution < 1.29 is 9.47 Å². The number of hydrogen-bond donors (Lipinski definition) is 0. The molecule has 0 atom stereocenters. The van der Waals surface area contributed by atoms with Gasteiger partial charge in [-0.25, -0.2) is 0 Å². The van der Waals surface area contributed by atoms with Gasteiger partial charge in [0, 0.05) is 6.07 Å². The van der Waals surface area contributed by atoms with Gasteiger partial charge in [0.05, 0.1) is 12.9 Å². The van der Waals surface area contributed by atoms with Crippen LogP contribution in [-0.4, -0.2) is 6.61 Å². The quantitative estimate of drug-likeness (QED) is 0.660. The highest BCUT2D eigenvalue weighted by Crippen LogP contribution is 2.24. The first-order chi connectivity index (χ1) is 6.27. The Hall–Kier alpha value is -1.44. The number of hydrogen-bond acceptors (Lipinski definition) is 2. The van der Waals surface area contributed by atoms with Crippen LogP contribution in [0.1, 0.15) is 12.5 Å². The Morgan fingerprint density at radius 1 is 1.46 bits per heavy atom. The molecule has 0 saturated heterocycles. The van der Waals surface area contributed by atoms with Gasteiger partial charge in [-0.05, 0) is 25.5 Å². The third-order valence-corrected chi connectivity index (χ3v) is 1.68. The molecule has 0 unspecified atom stereocenters. The van der Waals surface area contributed by atoms with Crippen molar-refractivity contribution in [2.24, 2.45) is 0 Å². The highest BCUT2D eigenvalue weighted by Gasteiger charge is 2.00. The van der Waals surface area contributed by atoms with Crippen molar-refractivity contribution in [2.45, 2.75) is 13.8 Å². The lowest BCUT2D eigenvalue weighted by atomic mass is 10.2. The summed E-state index contributed by atoms with van der Waals surface area (Å²) in [6, 6.07) is 5.71. The summed E-state index contributed by atoms with van der Waals surface area (Å²) >= 11 is 0. The first-order valence-electron chi connectivity index (χ1n) is 4.29. The average Bonchev–Trinajstić information content (AvgIpc) is 2.12. The van der Waals surface area contributed by atoms with Gasteiger partial charge in [0.25, 0.3) is 0 Å². The van der Waals surface area contributed by atoms with Crippen LogP contribution in [0.15, 0.2) is 31.0 Å². The third-order valence-electron chi connectivity index (χ3n) is 1.68. The Morgan fingerprint density at radius 3 is 2.85 bits per heavy atom. The Kier molecular flexibility index (Phi) is 3.38. The van der Waals surface area contributed by atoms with Gasteiger partial charge in [-0.15, -0.1) is 0 Å². The van der Waals surface area contributed by atoms with Crippen LogP contribution < -0.4 is 9.47 Å². The zero-order chi connectivity index (χ0) is 9.68. The van der Waals surface area contributed by atoms with Gasteiger partial charge in [-0.2, -0.15) is 0 Å². The van der Waals surface area contributed by atoms with Gasteiger partial charge in [-0.3, -0.25) is 0 Å². The van der Waals surface area contributed by atoms with E-state index in [1.807, 2.05) is 32.0 Å². The summed E-state index contributed by atoms with van der Waals surface area (Å²) in [5.41, 5.74) is 1.11. The molecule has 0 bridgehead atoms. The molecule has 0 saturated carbocycles. The van der Waals surface area contributed by atoms with Crippen LogP contribution in [0.3, 0.4) is 0 Å². The molecule has 0 aliphatic carbocycles. The molecule has 0 amide bonds. The molecular weight excluding hydrogens is 164 g/mol. The molecule has 1 aromatic carbocycles. The van der Waals surface area contributed by atoms with Crippen molar-refractivity contribution in [3.05, 3.63) is 36.6 Å². The fourth-order valence-corrected chi connectivity index (χ4v) is 1.06. The van der Waals surface area contributed by atoms with Crippen LogP contribution >= 0.6 is 0 Å². The van der Waals surface area contributed by atoms with Gasteiger partial charge >= 0.3 is 0 Å². The second-order valence-corrected chi connectivity index (χ2v) is 2.64. The maximum atomic E-state index is 5.41. The fraction of sp³-hybridized carbons (Fsp3) is 0.273. The summed E-state index contributed by atoms with van der Waals surface area (Å²) in [6.07, 6.45) is 1.40. The average molecular weight is 178 g/mol. The minimum absolute atomic E-state index is 0.665. The Morgan fingerprint density at radius 2 is 2.23 bits per heavy atom. The Bertz CT molecular complexity index is 292. The van der Waals surface area contributed by atoms with E-state index in [4.69, 9.17) is 9.47 Å². The van der Waals surface area contributed by atoms with E-state index in [1.165, 1.54) is 6.26 Å². The zero-order valence-electron chi connectivity index (χ0n) is 8.04. The van der Waals surface area contributed by atoms with E-state index in [1.54, 1.807) is 0 Å². The SMILES string of the molecule is C=COc1ccc(C)c(OCC)c1. The number of ether oxygens (including phenoxy) is 2. The van der Waals surface area contributed by atoms with Crippen molar-refractivity contribution in [1.82, 2.24) is 0 Å². The number of benzene rings is 1. The lowest BCUT2D eigenvalue weighted by Crippen LogP contribution is -1.94. The lowest BCUT2D eigenvalue weighted by Gasteiger charge is -2.08. The van der Waals surface area contributed by atoms with Gasteiger partial charge in [0.2, 0.25) is 0 Å². The molecule has 0 aromatic heterocycles. The molecular formula is C11H14O2. The summed E-state index contributed by atoms with van der Waals surface area (Å²) in [5, 5.41) is 0. The zero-order valence-corrected chi connectivity index (χ0v) is 8.04. The highest BCUT2D eigenvalue weighted by molar-refractivity contribution is 5.40. The molecule has 0 spiro atoms. The summed E-state index contributed by atoms with van der Waals surface area (Å²) in [7, 11) is 0. The second kappa shape index (κ2) is 4.55. The summed E-state index contributed by atoms with van der Waals surface area (Å²) in [6.45, 7) is 8.12. The predicted octanol–water partition coefficient (Wildman–Crippen LogP) is 2.92. The van der Waals surface area contributed by atoms with E-state index >= 15 is 0 Å². The summed E-state index contributed by atoms with van der Waals surface area (Å²) in [5.74, 6) is 1.62. The molecule has 0 N–H and O–H groups in total. The molecule has 1 rings (SSSR count). The van der Waals surface area contributed by atoms with E-state index < -0.39 is 0 Å². The lowest BCUT2D eigenvalue weighted by molar-refractivity contribution is 0.335. The standard InChI is InChI=1S/C11H14O2/c1-4-12-10-7-6-9(3)11(8-10)13-5-2/h4,6-8H,1,5H2,2-3H3. The van der Waals surface area contributed by atoms with Crippen molar-refractivity contribution in [1.29, 1.82) is 0 Å². The van der Waals surface area contributed by atoms with Gasteiger partial charge in [-0.1, -0.05) is 12.6 Å². The molecule has 0 aliphatic rings. The van der Waals surface area contributed by atoms with E-state index in [2.05, 4.69) is 6.58 Å². The van der Waals surface area contributed by atoms with Crippen molar-refractivity contribution >= 4 is 0 Å². The molecule has 0 radical (unpaired) electrons. The van der Waals surface area contributed by atoms with Crippen LogP contribution in [0.2, 0.25) is 0 Å². The molecule has 0 aliphatic heterocycles. The first kappa shape index (κ1) is 9.65. The molecule has 2 nitrogen and oxygen atoms in total. The third kappa shape index (κ3) is 2.51. The maximum absolute atomic E-state index is 5.41. The van der Waals surface area contributed by atoms with Crippen LogP contribution in [0.5, 0.6) is 11.5 Å². The minimum atomic E-state index is 0.665. The number of aryl methyl sites for hydroxylation is 1. The van der Waals surface area contributed by atoms with Crippen molar-refractivity contribution in [3.8, 4) is 11.5 Å². The molecule has 2 heteroatoms. The summed E-state index contributed by atoms with van der Waals surface area (Å²) < 4.78 is 10.5. The minimum Gasteiger partial charge on any atom is -0.493 e. The van der Waals surface area contributed by atoms with Gasteiger partial charge < -0.3 is 9.47 Å². The molecule has 13 heavy (non-hydrogen) atoms. The summed E-state index contributed by atoms with van der Waals surface area (Å²) in [4.78, 5) is 0. The highest BCUT2D eigenvalue weighted by atomic mass is 16.5. The Labute approximate surface area is 78.8 Å². The van der Waals surface area contributed by atoms with E-state index in [-0.39, 0.29) is 0 Å². The van der Waals surface area contributed by atoms with E-state index in [0.717, 1.165) is 17.1 Å². The van der Waals surface area contributed by atoms with E-state index in [0.29, 0.717) is 6.61 Å². The van der Waals surface area contributed by atoms with Gasteiger partial charge in [0.1, 0.15) is 11.5 Å². The topological polar surface area (TPSA) is 18.5 Å². The van der Waals surface area contributed by atoms with E-state index in [9.17, 15) is 0 Å². The monoisotopic (exact) mass is 178 g/mol. The molecule has 0 heterocycles. The van der Waals surface area contributed by atoms with Crippen LogP contribution in [0.25, 0.3) is 0 Å². The fourth-order valence-electron chi connectivity index (χ4n) is 1.06. The van der Waals surface area contributed by atoms with Crippen LogP contribution in [0, 0.1) is 6.92 Å².